The van der Waals surface area contributed by atoms with Crippen LogP contribution in [0.2, 0.25) is 0 Å². The predicted molar refractivity (Wildman–Crippen MR) is 65.4 cm³/mol. The average Bonchev–Trinajstić information content (AvgIpc) is 2.86. The van der Waals surface area contributed by atoms with Gasteiger partial charge in [0.1, 0.15) is 11.8 Å². The molecule has 3 nitrogen and oxygen atoms in total. The Labute approximate surface area is 113 Å². The lowest BCUT2D eigenvalue weighted by atomic mass is 10.1. The summed E-state index contributed by atoms with van der Waals surface area (Å²) in [4.78, 5) is 0. The molecule has 0 atom stereocenters. The highest BCUT2D eigenvalue weighted by molar-refractivity contribution is 5.24. The average molecular weight is 280 g/mol. The van der Waals surface area contributed by atoms with Crippen molar-refractivity contribution in [3.63, 3.8) is 0 Å². The Morgan fingerprint density at radius 1 is 1.05 bits per heavy atom. The molecule has 1 aromatic carbocycles. The van der Waals surface area contributed by atoms with Gasteiger partial charge in [0.05, 0.1) is 12.1 Å². The molecule has 20 heavy (non-hydrogen) atoms. The van der Waals surface area contributed by atoms with Crippen LogP contribution in [0.3, 0.4) is 0 Å². The Kier molecular flexibility index (Phi) is 4.11. The van der Waals surface area contributed by atoms with Gasteiger partial charge in [-0.3, -0.25) is 0 Å². The van der Waals surface area contributed by atoms with E-state index in [0.717, 1.165) is 17.7 Å². The van der Waals surface area contributed by atoms with Crippen molar-refractivity contribution in [1.29, 1.82) is 5.26 Å². The molecule has 0 aliphatic heterocycles. The third-order valence-corrected chi connectivity index (χ3v) is 2.68. The molecule has 1 aromatic heterocycles. The van der Waals surface area contributed by atoms with Gasteiger partial charge in [-0.1, -0.05) is 12.1 Å². The fourth-order valence-electron chi connectivity index (χ4n) is 1.67. The molecule has 1 heterocycles. The van der Waals surface area contributed by atoms with Crippen LogP contribution >= 0.6 is 0 Å². The van der Waals surface area contributed by atoms with Crippen molar-refractivity contribution in [3.05, 3.63) is 59.0 Å². The summed E-state index contributed by atoms with van der Waals surface area (Å²) in [7, 11) is 0. The first-order valence-electron chi connectivity index (χ1n) is 5.85. The summed E-state index contributed by atoms with van der Waals surface area (Å²) in [5.41, 5.74) is 0.0796. The van der Waals surface area contributed by atoms with Crippen molar-refractivity contribution >= 4 is 0 Å². The number of nitriles is 1. The molecule has 2 rings (SSSR count). The molecular weight excluding hydrogens is 269 g/mol. The molecule has 0 spiro atoms. The summed E-state index contributed by atoms with van der Waals surface area (Å²) in [6, 6.07) is 10.1. The van der Waals surface area contributed by atoms with Crippen LogP contribution in [0.25, 0.3) is 0 Å². The number of hydrogen-bond donors (Lipinski definition) is 1. The number of furan rings is 1. The molecule has 0 unspecified atom stereocenters. The van der Waals surface area contributed by atoms with Crippen molar-refractivity contribution in [3.8, 4) is 6.07 Å². The number of hydrogen-bond acceptors (Lipinski definition) is 3. The van der Waals surface area contributed by atoms with Gasteiger partial charge in [-0.15, -0.1) is 0 Å². The molecule has 0 aliphatic carbocycles. The summed E-state index contributed by atoms with van der Waals surface area (Å²) in [6.07, 6.45) is -4.31. The van der Waals surface area contributed by atoms with E-state index >= 15 is 0 Å². The van der Waals surface area contributed by atoms with Crippen LogP contribution < -0.4 is 5.32 Å². The number of halogens is 3. The zero-order valence-corrected chi connectivity index (χ0v) is 10.4. The number of benzene rings is 1. The molecule has 1 N–H and O–H groups in total. The minimum atomic E-state index is -4.31. The van der Waals surface area contributed by atoms with Gasteiger partial charge >= 0.3 is 6.18 Å². The van der Waals surface area contributed by atoms with E-state index in [9.17, 15) is 13.2 Å². The normalized spacial score (nSPS) is 11.3. The van der Waals surface area contributed by atoms with Crippen molar-refractivity contribution in [1.82, 2.24) is 5.32 Å². The predicted octanol–water partition coefficient (Wildman–Crippen LogP) is 3.46. The summed E-state index contributed by atoms with van der Waals surface area (Å²) in [6.45, 7) is 0.823. The van der Waals surface area contributed by atoms with Gasteiger partial charge in [-0.25, -0.2) is 0 Å². The molecule has 0 aliphatic rings. The van der Waals surface area contributed by atoms with Crippen LogP contribution in [0.1, 0.15) is 22.6 Å². The Bertz CT molecular complexity index is 609. The fourth-order valence-corrected chi connectivity index (χ4v) is 1.67. The SMILES string of the molecule is N#Cc1ccc(CNCc2ccc(C(F)(F)F)cc2)o1. The summed E-state index contributed by atoms with van der Waals surface area (Å²) >= 11 is 0. The zero-order chi connectivity index (χ0) is 14.6. The van der Waals surface area contributed by atoms with Crippen LogP contribution in [0, 0.1) is 11.3 Å². The van der Waals surface area contributed by atoms with Crippen molar-refractivity contribution in [2.24, 2.45) is 0 Å². The van der Waals surface area contributed by atoms with E-state index in [1.807, 2.05) is 6.07 Å². The summed E-state index contributed by atoms with van der Waals surface area (Å²) in [5.74, 6) is 0.838. The second-order valence-electron chi connectivity index (χ2n) is 4.18. The van der Waals surface area contributed by atoms with Crippen LogP contribution in [0.4, 0.5) is 13.2 Å². The first-order valence-corrected chi connectivity index (χ1v) is 5.85. The smallest absolute Gasteiger partial charge is 0.416 e. The standard InChI is InChI=1S/C14H11F3N2O/c15-14(16,17)11-3-1-10(2-4-11)8-19-9-13-6-5-12(7-18)20-13/h1-6,19H,8-9H2. The van der Waals surface area contributed by atoms with Gasteiger partial charge in [-0.2, -0.15) is 18.4 Å². The summed E-state index contributed by atoms with van der Waals surface area (Å²) in [5, 5.41) is 11.6. The Morgan fingerprint density at radius 2 is 1.75 bits per heavy atom. The van der Waals surface area contributed by atoms with Crippen LogP contribution in [0.15, 0.2) is 40.8 Å². The first-order chi connectivity index (χ1) is 9.49. The van der Waals surface area contributed by atoms with Crippen molar-refractivity contribution in [2.75, 3.05) is 0 Å². The van der Waals surface area contributed by atoms with E-state index in [-0.39, 0.29) is 5.76 Å². The maximum absolute atomic E-state index is 12.4. The van der Waals surface area contributed by atoms with Gasteiger partial charge in [0.15, 0.2) is 0 Å². The van der Waals surface area contributed by atoms with Gasteiger partial charge < -0.3 is 9.73 Å². The van der Waals surface area contributed by atoms with Crippen LogP contribution in [-0.2, 0) is 19.3 Å². The minimum Gasteiger partial charge on any atom is -0.449 e. The zero-order valence-electron chi connectivity index (χ0n) is 10.4. The molecule has 104 valence electrons. The highest BCUT2D eigenvalue weighted by atomic mass is 19.4. The molecule has 0 saturated carbocycles. The van der Waals surface area contributed by atoms with E-state index in [1.54, 1.807) is 12.1 Å². The first kappa shape index (κ1) is 14.2. The lowest BCUT2D eigenvalue weighted by Crippen LogP contribution is -2.12. The molecule has 0 bridgehead atoms. The maximum atomic E-state index is 12.4. The molecular formula is C14H11F3N2O. The van der Waals surface area contributed by atoms with E-state index in [1.165, 1.54) is 12.1 Å². The Hall–Kier alpha value is -2.26. The monoisotopic (exact) mass is 280 g/mol. The third-order valence-electron chi connectivity index (χ3n) is 2.68. The van der Waals surface area contributed by atoms with Crippen LogP contribution in [0.5, 0.6) is 0 Å². The van der Waals surface area contributed by atoms with E-state index in [4.69, 9.17) is 9.68 Å². The van der Waals surface area contributed by atoms with Gasteiger partial charge in [0.25, 0.3) is 0 Å². The van der Waals surface area contributed by atoms with Gasteiger partial charge in [0, 0.05) is 6.54 Å². The lowest BCUT2D eigenvalue weighted by Gasteiger charge is -2.08. The highest BCUT2D eigenvalue weighted by Crippen LogP contribution is 2.29. The van der Waals surface area contributed by atoms with E-state index in [0.29, 0.717) is 18.8 Å². The third kappa shape index (κ3) is 3.62. The Balaban J connectivity index is 1.87. The van der Waals surface area contributed by atoms with Crippen molar-refractivity contribution < 1.29 is 17.6 Å². The topological polar surface area (TPSA) is 49.0 Å². The van der Waals surface area contributed by atoms with Gasteiger partial charge in [-0.05, 0) is 29.8 Å². The molecule has 0 amide bonds. The Morgan fingerprint density at radius 3 is 2.30 bits per heavy atom. The molecule has 0 fully saturated rings. The number of nitrogens with one attached hydrogen (secondary N) is 1. The number of alkyl halides is 3. The molecule has 0 saturated heterocycles. The second-order valence-corrected chi connectivity index (χ2v) is 4.18. The molecule has 2 aromatic rings. The molecule has 0 radical (unpaired) electrons. The quantitative estimate of drug-likeness (QED) is 0.933. The largest absolute Gasteiger partial charge is 0.449 e. The van der Waals surface area contributed by atoms with Gasteiger partial charge in [0.2, 0.25) is 5.76 Å². The summed E-state index contributed by atoms with van der Waals surface area (Å²) < 4.78 is 42.3. The van der Waals surface area contributed by atoms with E-state index < -0.39 is 11.7 Å². The highest BCUT2D eigenvalue weighted by Gasteiger charge is 2.29. The minimum absolute atomic E-state index is 0.233. The van der Waals surface area contributed by atoms with E-state index in [2.05, 4.69) is 5.32 Å². The fraction of sp³-hybridized carbons (Fsp3) is 0.214. The second kappa shape index (κ2) is 5.80. The van der Waals surface area contributed by atoms with Crippen LogP contribution in [-0.4, -0.2) is 0 Å². The lowest BCUT2D eigenvalue weighted by molar-refractivity contribution is -0.137. The number of rotatable bonds is 4. The molecule has 6 heteroatoms. The van der Waals surface area contributed by atoms with Crippen molar-refractivity contribution in [2.45, 2.75) is 19.3 Å². The number of nitrogens with zero attached hydrogens (tertiary/aromatic N) is 1. The maximum Gasteiger partial charge on any atom is 0.416 e.